The maximum atomic E-state index is 13.2. The summed E-state index contributed by atoms with van der Waals surface area (Å²) in [5, 5.41) is 3.34. The number of hydrogen-bond acceptors (Lipinski definition) is 5. The maximum absolute atomic E-state index is 13.2. The summed E-state index contributed by atoms with van der Waals surface area (Å²) in [7, 11) is 0. The van der Waals surface area contributed by atoms with Gasteiger partial charge in [-0.1, -0.05) is 0 Å². The van der Waals surface area contributed by atoms with Crippen molar-refractivity contribution in [2.75, 3.05) is 49.1 Å². The highest BCUT2D eigenvalue weighted by Gasteiger charge is 2.24. The molecule has 0 bridgehead atoms. The summed E-state index contributed by atoms with van der Waals surface area (Å²) in [6.45, 7) is 5.32. The van der Waals surface area contributed by atoms with Crippen LogP contribution in [0.1, 0.15) is 12.8 Å². The van der Waals surface area contributed by atoms with Gasteiger partial charge in [-0.15, -0.1) is 0 Å². The Morgan fingerprint density at radius 3 is 2.05 bits per heavy atom. The van der Waals surface area contributed by atoms with Crippen molar-refractivity contribution in [1.29, 1.82) is 0 Å². The number of halogens is 1. The predicted octanol–water partition coefficient (Wildman–Crippen LogP) is 0.824. The summed E-state index contributed by atoms with van der Waals surface area (Å²) >= 11 is 0. The maximum Gasteiger partial charge on any atom is 0.172 e. The standard InChI is InChI=1S/C13H20FN5/c14-11-1-7-18(8-2-11)12-13(17-4-3-16-12)19-9-5-15-6-10-19/h3-4,11,15H,1-2,5-10H2. The number of aromatic nitrogens is 2. The molecule has 6 heteroatoms. The number of rotatable bonds is 2. The molecule has 2 aliphatic heterocycles. The molecule has 1 N–H and O–H groups in total. The fraction of sp³-hybridized carbons (Fsp3) is 0.692. The Hall–Kier alpha value is -1.43. The lowest BCUT2D eigenvalue weighted by Gasteiger charge is -2.34. The van der Waals surface area contributed by atoms with Crippen LogP contribution in [-0.2, 0) is 0 Å². The molecule has 2 saturated heterocycles. The minimum absolute atomic E-state index is 0.595. The molecule has 0 aromatic carbocycles. The van der Waals surface area contributed by atoms with E-state index in [0.29, 0.717) is 12.8 Å². The summed E-state index contributed by atoms with van der Waals surface area (Å²) < 4.78 is 13.2. The Morgan fingerprint density at radius 2 is 1.47 bits per heavy atom. The Kier molecular flexibility index (Phi) is 3.77. The predicted molar refractivity (Wildman–Crippen MR) is 73.5 cm³/mol. The van der Waals surface area contributed by atoms with Gasteiger partial charge in [0.15, 0.2) is 11.6 Å². The van der Waals surface area contributed by atoms with E-state index in [9.17, 15) is 4.39 Å². The van der Waals surface area contributed by atoms with Gasteiger partial charge in [-0.05, 0) is 12.8 Å². The zero-order valence-electron chi connectivity index (χ0n) is 11.1. The molecule has 1 aromatic rings. The third-order valence-corrected chi connectivity index (χ3v) is 3.80. The Balaban J connectivity index is 1.80. The van der Waals surface area contributed by atoms with E-state index in [4.69, 9.17) is 0 Å². The van der Waals surface area contributed by atoms with Crippen molar-refractivity contribution < 1.29 is 4.39 Å². The fourth-order valence-corrected chi connectivity index (χ4v) is 2.71. The fourth-order valence-electron chi connectivity index (χ4n) is 2.71. The zero-order valence-corrected chi connectivity index (χ0v) is 11.1. The second-order valence-electron chi connectivity index (χ2n) is 5.10. The quantitative estimate of drug-likeness (QED) is 0.858. The van der Waals surface area contributed by atoms with E-state index in [0.717, 1.165) is 50.9 Å². The van der Waals surface area contributed by atoms with E-state index >= 15 is 0 Å². The van der Waals surface area contributed by atoms with Gasteiger partial charge in [-0.3, -0.25) is 0 Å². The Bertz CT molecular complexity index is 413. The highest BCUT2D eigenvalue weighted by atomic mass is 19.1. The molecule has 3 rings (SSSR count). The first-order valence-corrected chi connectivity index (χ1v) is 7.00. The van der Waals surface area contributed by atoms with Crippen LogP contribution in [0.2, 0.25) is 0 Å². The molecule has 0 atom stereocenters. The van der Waals surface area contributed by atoms with Gasteiger partial charge in [-0.2, -0.15) is 0 Å². The first kappa shape index (κ1) is 12.6. The van der Waals surface area contributed by atoms with Gasteiger partial charge >= 0.3 is 0 Å². The van der Waals surface area contributed by atoms with Gasteiger partial charge in [0.2, 0.25) is 0 Å². The zero-order chi connectivity index (χ0) is 13.1. The number of nitrogens with one attached hydrogen (secondary N) is 1. The van der Waals surface area contributed by atoms with Crippen molar-refractivity contribution in [3.05, 3.63) is 12.4 Å². The number of nitrogens with zero attached hydrogens (tertiary/aromatic N) is 4. The molecular formula is C13H20FN5. The van der Waals surface area contributed by atoms with Crippen molar-refractivity contribution in [2.24, 2.45) is 0 Å². The van der Waals surface area contributed by atoms with Crippen LogP contribution in [0.4, 0.5) is 16.0 Å². The molecule has 0 spiro atoms. The normalized spacial score (nSPS) is 21.7. The average molecular weight is 265 g/mol. The van der Waals surface area contributed by atoms with E-state index in [1.807, 2.05) is 0 Å². The minimum Gasteiger partial charge on any atom is -0.353 e. The van der Waals surface area contributed by atoms with Crippen molar-refractivity contribution in [3.63, 3.8) is 0 Å². The topological polar surface area (TPSA) is 44.3 Å². The van der Waals surface area contributed by atoms with Gasteiger partial charge in [0.05, 0.1) is 0 Å². The summed E-state index contributed by atoms with van der Waals surface area (Å²) in [6, 6.07) is 0. The van der Waals surface area contributed by atoms with Crippen LogP contribution in [-0.4, -0.2) is 55.4 Å². The van der Waals surface area contributed by atoms with Gasteiger partial charge < -0.3 is 15.1 Å². The summed E-state index contributed by atoms with van der Waals surface area (Å²) in [6.07, 6.45) is 4.00. The van der Waals surface area contributed by atoms with Crippen LogP contribution >= 0.6 is 0 Å². The molecule has 2 fully saturated rings. The molecule has 0 amide bonds. The van der Waals surface area contributed by atoms with Gasteiger partial charge in [0.1, 0.15) is 6.17 Å². The molecule has 0 aliphatic carbocycles. The van der Waals surface area contributed by atoms with Crippen LogP contribution in [0.5, 0.6) is 0 Å². The van der Waals surface area contributed by atoms with Gasteiger partial charge in [0.25, 0.3) is 0 Å². The molecule has 19 heavy (non-hydrogen) atoms. The van der Waals surface area contributed by atoms with E-state index in [2.05, 4.69) is 25.1 Å². The largest absolute Gasteiger partial charge is 0.353 e. The van der Waals surface area contributed by atoms with E-state index in [1.165, 1.54) is 0 Å². The van der Waals surface area contributed by atoms with Crippen LogP contribution in [0.3, 0.4) is 0 Å². The lowest BCUT2D eigenvalue weighted by atomic mass is 10.1. The molecule has 0 radical (unpaired) electrons. The molecule has 2 aliphatic rings. The van der Waals surface area contributed by atoms with Crippen molar-refractivity contribution >= 4 is 11.6 Å². The Labute approximate surface area is 112 Å². The second-order valence-corrected chi connectivity index (χ2v) is 5.10. The molecule has 1 aromatic heterocycles. The number of hydrogen-bond donors (Lipinski definition) is 1. The third kappa shape index (κ3) is 2.78. The van der Waals surface area contributed by atoms with Crippen LogP contribution in [0.15, 0.2) is 12.4 Å². The number of alkyl halides is 1. The Morgan fingerprint density at radius 1 is 0.947 bits per heavy atom. The van der Waals surface area contributed by atoms with Crippen molar-refractivity contribution in [2.45, 2.75) is 19.0 Å². The molecule has 0 unspecified atom stereocenters. The molecule has 3 heterocycles. The van der Waals surface area contributed by atoms with Crippen LogP contribution < -0.4 is 15.1 Å². The number of piperidine rings is 1. The molecule has 104 valence electrons. The van der Waals surface area contributed by atoms with Gasteiger partial charge in [0, 0.05) is 51.7 Å². The first-order valence-electron chi connectivity index (χ1n) is 7.00. The van der Waals surface area contributed by atoms with E-state index < -0.39 is 6.17 Å². The van der Waals surface area contributed by atoms with Gasteiger partial charge in [-0.25, -0.2) is 14.4 Å². The van der Waals surface area contributed by atoms with E-state index in [-0.39, 0.29) is 0 Å². The number of piperazine rings is 1. The smallest absolute Gasteiger partial charge is 0.172 e. The van der Waals surface area contributed by atoms with Crippen molar-refractivity contribution in [1.82, 2.24) is 15.3 Å². The second kappa shape index (κ2) is 5.69. The SMILES string of the molecule is FC1CCN(c2nccnc2N2CCNCC2)CC1. The van der Waals surface area contributed by atoms with Crippen LogP contribution in [0.25, 0.3) is 0 Å². The van der Waals surface area contributed by atoms with E-state index in [1.54, 1.807) is 12.4 Å². The molecule has 0 saturated carbocycles. The highest BCUT2D eigenvalue weighted by molar-refractivity contribution is 5.62. The summed E-state index contributed by atoms with van der Waals surface area (Å²) in [4.78, 5) is 13.4. The summed E-state index contributed by atoms with van der Waals surface area (Å²) in [5.74, 6) is 1.86. The minimum atomic E-state index is -0.657. The summed E-state index contributed by atoms with van der Waals surface area (Å²) in [5.41, 5.74) is 0. The first-order chi connectivity index (χ1) is 9.34. The number of anilines is 2. The van der Waals surface area contributed by atoms with Crippen LogP contribution in [0, 0.1) is 0 Å². The highest BCUT2D eigenvalue weighted by Crippen LogP contribution is 2.27. The molecular weight excluding hydrogens is 245 g/mol. The third-order valence-electron chi connectivity index (χ3n) is 3.80. The average Bonchev–Trinajstić information content (AvgIpc) is 2.49. The lowest BCUT2D eigenvalue weighted by Crippen LogP contribution is -2.45. The van der Waals surface area contributed by atoms with Crippen molar-refractivity contribution in [3.8, 4) is 0 Å². The lowest BCUT2D eigenvalue weighted by molar-refractivity contribution is 0.276. The monoisotopic (exact) mass is 265 g/mol. The molecule has 5 nitrogen and oxygen atoms in total.